The molecule has 30 heavy (non-hydrogen) atoms. The molecule has 0 saturated carbocycles. The van der Waals surface area contributed by atoms with E-state index in [2.05, 4.69) is 10.2 Å². The maximum atomic E-state index is 14.0. The van der Waals surface area contributed by atoms with Crippen molar-refractivity contribution in [2.75, 3.05) is 26.6 Å². The number of thioether (sulfide) groups is 1. The van der Waals surface area contributed by atoms with Gasteiger partial charge in [0.2, 0.25) is 0 Å². The molecular weight excluding hydrogens is 409 g/mol. The molecule has 1 N–H and O–H groups in total. The molecule has 1 atom stereocenters. The van der Waals surface area contributed by atoms with Gasteiger partial charge in [0, 0.05) is 12.8 Å². The van der Waals surface area contributed by atoms with Crippen LogP contribution < -0.4 is 9.47 Å². The Balaban J connectivity index is 1.50. The van der Waals surface area contributed by atoms with Crippen molar-refractivity contribution >= 4 is 11.8 Å². The Labute approximate surface area is 178 Å². The van der Waals surface area contributed by atoms with E-state index in [0.29, 0.717) is 40.4 Å². The number of hydrogen-bond donors (Lipinski definition) is 1. The van der Waals surface area contributed by atoms with E-state index in [-0.39, 0.29) is 12.4 Å². The van der Waals surface area contributed by atoms with Crippen LogP contribution in [-0.4, -0.2) is 52.6 Å². The highest BCUT2D eigenvalue weighted by Gasteiger charge is 2.16. The Morgan fingerprint density at radius 2 is 1.87 bits per heavy atom. The minimum atomic E-state index is -0.691. The zero-order valence-electron chi connectivity index (χ0n) is 17.0. The van der Waals surface area contributed by atoms with Crippen molar-refractivity contribution in [3.63, 3.8) is 0 Å². The molecule has 1 heterocycles. The van der Waals surface area contributed by atoms with Crippen molar-refractivity contribution in [3.8, 4) is 22.9 Å². The number of rotatable bonds is 10. The summed E-state index contributed by atoms with van der Waals surface area (Å²) in [5, 5.41) is 19.0. The predicted octanol–water partition coefficient (Wildman–Crippen LogP) is 3.31. The van der Waals surface area contributed by atoms with Crippen molar-refractivity contribution in [3.05, 3.63) is 53.8 Å². The first-order valence-corrected chi connectivity index (χ1v) is 10.3. The van der Waals surface area contributed by atoms with Crippen LogP contribution in [0, 0.1) is 5.82 Å². The fourth-order valence-corrected chi connectivity index (χ4v) is 3.64. The first-order valence-electron chi connectivity index (χ1n) is 9.27. The number of halogens is 1. The fraction of sp³-hybridized carbons (Fsp3) is 0.333. The van der Waals surface area contributed by atoms with E-state index in [0.717, 1.165) is 5.56 Å². The van der Waals surface area contributed by atoms with Gasteiger partial charge in [0.25, 0.3) is 0 Å². The van der Waals surface area contributed by atoms with Gasteiger partial charge in [-0.25, -0.2) is 4.39 Å². The molecule has 3 aromatic rings. The van der Waals surface area contributed by atoms with Crippen molar-refractivity contribution in [2.24, 2.45) is 7.05 Å². The standard InChI is InChI=1S/C21H24FN3O4S/c1-25-20(16-6-4-5-7-17(16)22)23-24-21(25)30-13-15(26)12-29-11-14-8-9-18(27-2)19(10-14)28-3/h4-10,15,26H,11-13H2,1-3H3. The molecule has 1 aromatic heterocycles. The number of aromatic nitrogens is 3. The molecule has 0 fully saturated rings. The van der Waals surface area contributed by atoms with E-state index < -0.39 is 6.10 Å². The summed E-state index contributed by atoms with van der Waals surface area (Å²) in [6, 6.07) is 11.9. The van der Waals surface area contributed by atoms with Crippen molar-refractivity contribution in [1.29, 1.82) is 0 Å². The highest BCUT2D eigenvalue weighted by molar-refractivity contribution is 7.99. The fourth-order valence-electron chi connectivity index (χ4n) is 2.82. The SMILES string of the molecule is COc1ccc(COCC(O)CSc2nnc(-c3ccccc3F)n2C)cc1OC. The van der Waals surface area contributed by atoms with Crippen LogP contribution in [0.15, 0.2) is 47.6 Å². The molecule has 1 unspecified atom stereocenters. The van der Waals surface area contributed by atoms with Crippen LogP contribution in [0.4, 0.5) is 4.39 Å². The summed E-state index contributed by atoms with van der Waals surface area (Å²) in [7, 11) is 4.93. The summed E-state index contributed by atoms with van der Waals surface area (Å²) in [6.45, 7) is 0.503. The van der Waals surface area contributed by atoms with Crippen LogP contribution in [0.5, 0.6) is 11.5 Å². The normalized spacial score (nSPS) is 12.0. The largest absolute Gasteiger partial charge is 0.493 e. The summed E-state index contributed by atoms with van der Waals surface area (Å²) >= 11 is 1.33. The number of nitrogens with zero attached hydrogens (tertiary/aromatic N) is 3. The Hall–Kier alpha value is -2.62. The summed E-state index contributed by atoms with van der Waals surface area (Å²) in [4.78, 5) is 0. The molecular formula is C21H24FN3O4S. The summed E-state index contributed by atoms with van der Waals surface area (Å²) in [5.41, 5.74) is 1.30. The molecule has 0 aliphatic heterocycles. The summed E-state index contributed by atoms with van der Waals surface area (Å²) < 4.78 is 31.8. The number of ether oxygens (including phenoxy) is 3. The number of aliphatic hydroxyl groups is 1. The zero-order chi connectivity index (χ0) is 21.5. The van der Waals surface area contributed by atoms with Gasteiger partial charge in [0.05, 0.1) is 39.1 Å². The van der Waals surface area contributed by atoms with Crippen molar-refractivity contribution in [2.45, 2.75) is 17.9 Å². The third kappa shape index (κ3) is 5.29. The average Bonchev–Trinajstić information content (AvgIpc) is 3.12. The summed E-state index contributed by atoms with van der Waals surface area (Å²) in [6.07, 6.45) is -0.691. The van der Waals surface area contributed by atoms with Gasteiger partial charge >= 0.3 is 0 Å². The first kappa shape index (κ1) is 22.1. The molecule has 0 spiro atoms. The molecule has 0 aliphatic carbocycles. The summed E-state index contributed by atoms with van der Waals surface area (Å²) in [5.74, 6) is 1.73. The van der Waals surface area contributed by atoms with E-state index in [9.17, 15) is 9.50 Å². The van der Waals surface area contributed by atoms with Gasteiger partial charge in [-0.05, 0) is 29.8 Å². The second kappa shape index (κ2) is 10.4. The smallest absolute Gasteiger partial charge is 0.191 e. The molecule has 0 bridgehead atoms. The quantitative estimate of drug-likeness (QED) is 0.492. The lowest BCUT2D eigenvalue weighted by molar-refractivity contribution is 0.0397. The van der Waals surface area contributed by atoms with Gasteiger partial charge < -0.3 is 23.9 Å². The lowest BCUT2D eigenvalue weighted by Crippen LogP contribution is -2.18. The molecule has 7 nitrogen and oxygen atoms in total. The minimum Gasteiger partial charge on any atom is -0.493 e. The number of aliphatic hydroxyl groups excluding tert-OH is 1. The van der Waals surface area contributed by atoms with E-state index in [4.69, 9.17) is 14.2 Å². The zero-order valence-corrected chi connectivity index (χ0v) is 17.9. The number of methoxy groups -OCH3 is 2. The van der Waals surface area contributed by atoms with Crippen LogP contribution in [-0.2, 0) is 18.4 Å². The van der Waals surface area contributed by atoms with Crippen LogP contribution in [0.1, 0.15) is 5.56 Å². The highest BCUT2D eigenvalue weighted by atomic mass is 32.2. The Kier molecular flexibility index (Phi) is 7.67. The topological polar surface area (TPSA) is 78.6 Å². The molecule has 2 aromatic carbocycles. The lowest BCUT2D eigenvalue weighted by Gasteiger charge is -2.12. The van der Waals surface area contributed by atoms with Crippen LogP contribution in [0.2, 0.25) is 0 Å². The maximum Gasteiger partial charge on any atom is 0.191 e. The Morgan fingerprint density at radius 3 is 2.60 bits per heavy atom. The second-order valence-corrected chi connectivity index (χ2v) is 7.50. The van der Waals surface area contributed by atoms with Gasteiger partial charge in [-0.15, -0.1) is 10.2 Å². The van der Waals surface area contributed by atoms with Crippen molar-refractivity contribution < 1.29 is 23.7 Å². The molecule has 0 saturated heterocycles. The monoisotopic (exact) mass is 433 g/mol. The molecule has 0 radical (unpaired) electrons. The average molecular weight is 434 g/mol. The molecule has 0 amide bonds. The molecule has 0 aliphatic rings. The Morgan fingerprint density at radius 1 is 1.10 bits per heavy atom. The maximum absolute atomic E-state index is 14.0. The van der Waals surface area contributed by atoms with Crippen LogP contribution in [0.25, 0.3) is 11.4 Å². The van der Waals surface area contributed by atoms with Crippen LogP contribution in [0.3, 0.4) is 0 Å². The Bertz CT molecular complexity index is 983. The van der Waals surface area contributed by atoms with E-state index in [1.165, 1.54) is 17.8 Å². The molecule has 160 valence electrons. The third-order valence-electron chi connectivity index (χ3n) is 4.38. The lowest BCUT2D eigenvalue weighted by atomic mass is 10.2. The van der Waals surface area contributed by atoms with Gasteiger partial charge in [-0.2, -0.15) is 0 Å². The molecule has 9 heteroatoms. The van der Waals surface area contributed by atoms with Crippen LogP contribution >= 0.6 is 11.8 Å². The number of benzene rings is 2. The van der Waals surface area contributed by atoms with Crippen molar-refractivity contribution in [1.82, 2.24) is 14.8 Å². The van der Waals surface area contributed by atoms with E-state index in [1.807, 2.05) is 18.2 Å². The van der Waals surface area contributed by atoms with E-state index in [1.54, 1.807) is 44.0 Å². The second-order valence-electron chi connectivity index (χ2n) is 6.51. The minimum absolute atomic E-state index is 0.166. The van der Waals surface area contributed by atoms with Gasteiger partial charge in [-0.3, -0.25) is 0 Å². The first-order chi connectivity index (χ1) is 14.5. The highest BCUT2D eigenvalue weighted by Crippen LogP contribution is 2.28. The number of hydrogen-bond acceptors (Lipinski definition) is 7. The molecule has 3 rings (SSSR count). The van der Waals surface area contributed by atoms with E-state index >= 15 is 0 Å². The van der Waals surface area contributed by atoms with Gasteiger partial charge in [0.15, 0.2) is 22.5 Å². The van der Waals surface area contributed by atoms with Gasteiger partial charge in [0.1, 0.15) is 5.82 Å². The predicted molar refractivity (Wildman–Crippen MR) is 112 cm³/mol. The third-order valence-corrected chi connectivity index (χ3v) is 5.55. The van der Waals surface area contributed by atoms with Gasteiger partial charge in [-0.1, -0.05) is 30.0 Å².